The first-order chi connectivity index (χ1) is 45.5. The molecular formula is C84H66N8. The number of hydrogen-bond acceptors (Lipinski definition) is 8. The molecule has 0 saturated heterocycles. The number of hydrogen-bond donors (Lipinski definition) is 0. The van der Waals surface area contributed by atoms with Crippen molar-refractivity contribution in [1.29, 1.82) is 0 Å². The molecule has 8 nitrogen and oxygen atoms in total. The van der Waals surface area contributed by atoms with Gasteiger partial charge >= 0.3 is 0 Å². The molecule has 92 heavy (non-hydrogen) atoms. The topological polar surface area (TPSA) is 64.5 Å². The highest BCUT2D eigenvalue weighted by atomic mass is 15.2. The molecule has 0 aliphatic carbocycles. The zero-order valence-electron chi connectivity index (χ0n) is 52.0. The predicted octanol–water partition coefficient (Wildman–Crippen LogP) is 22.9. The first kappa shape index (κ1) is 55.8. The number of fused-ring (bicyclic) bond motifs is 4. The Morgan fingerprint density at radius 2 is 0.424 bits per heavy atom. The molecule has 12 aromatic carbocycles. The summed E-state index contributed by atoms with van der Waals surface area (Å²) in [4.78, 5) is 31.1. The molecule has 0 bridgehead atoms. The lowest BCUT2D eigenvalue weighted by atomic mass is 9.88. The zero-order valence-corrected chi connectivity index (χ0v) is 52.0. The van der Waals surface area contributed by atoms with Crippen molar-refractivity contribution in [1.82, 2.24) is 19.9 Å². The van der Waals surface area contributed by atoms with Gasteiger partial charge in [-0.1, -0.05) is 198 Å². The van der Waals surface area contributed by atoms with Crippen LogP contribution in [0.2, 0.25) is 0 Å². The fourth-order valence-corrected chi connectivity index (χ4v) is 14.6. The van der Waals surface area contributed by atoms with Crippen LogP contribution in [0.4, 0.5) is 68.2 Å². The van der Waals surface area contributed by atoms with Crippen molar-refractivity contribution in [2.45, 2.75) is 53.4 Å². The number of para-hydroxylation sites is 8. The smallest absolute Gasteiger partial charge is 0.0706 e. The van der Waals surface area contributed by atoms with E-state index in [0.29, 0.717) is 0 Å². The number of benzene rings is 12. The number of aryl methyl sites for hydroxylation is 4. The molecular weight excluding hydrogens is 1120 g/mol. The second kappa shape index (κ2) is 23.5. The maximum Gasteiger partial charge on any atom is 0.0706 e. The van der Waals surface area contributed by atoms with Crippen LogP contribution in [0.3, 0.4) is 0 Å². The summed E-state index contributed by atoms with van der Waals surface area (Å²) in [6.07, 6.45) is 11.5. The van der Waals surface area contributed by atoms with Crippen LogP contribution in [0.25, 0.3) is 75.9 Å². The number of rotatable bonds is 16. The zero-order chi connectivity index (χ0) is 61.8. The van der Waals surface area contributed by atoms with E-state index in [4.69, 9.17) is 19.9 Å². The predicted molar refractivity (Wildman–Crippen MR) is 388 cm³/mol. The summed E-state index contributed by atoms with van der Waals surface area (Å²) in [6.45, 7) is 9.07. The first-order valence-electron chi connectivity index (χ1n) is 32.2. The second-order valence-electron chi connectivity index (χ2n) is 23.6. The minimum Gasteiger partial charge on any atom is -0.308 e. The lowest BCUT2D eigenvalue weighted by Crippen LogP contribution is -2.18. The van der Waals surface area contributed by atoms with Crippen molar-refractivity contribution < 1.29 is 0 Å². The number of aromatic nitrogens is 4. The molecule has 0 aliphatic rings. The number of nitrogens with zero attached hydrogens (tertiary/aromatic N) is 8. The van der Waals surface area contributed by atoms with Crippen LogP contribution in [-0.4, -0.2) is 19.9 Å². The Hall–Kier alpha value is -11.5. The van der Waals surface area contributed by atoms with E-state index in [9.17, 15) is 0 Å². The molecule has 0 fully saturated rings. The van der Waals surface area contributed by atoms with Gasteiger partial charge in [0, 0.05) is 76.6 Å². The Morgan fingerprint density at radius 3 is 0.641 bits per heavy atom. The molecule has 442 valence electrons. The molecule has 4 heterocycles. The largest absolute Gasteiger partial charge is 0.308 e. The molecule has 0 saturated carbocycles. The van der Waals surface area contributed by atoms with Gasteiger partial charge in [-0.2, -0.15) is 0 Å². The van der Waals surface area contributed by atoms with Crippen LogP contribution in [0.1, 0.15) is 49.9 Å². The summed E-state index contributed by atoms with van der Waals surface area (Å²) >= 11 is 0. The van der Waals surface area contributed by atoms with E-state index < -0.39 is 0 Å². The molecule has 8 heteroatoms. The number of anilines is 12. The molecule has 16 aromatic rings. The van der Waals surface area contributed by atoms with Crippen molar-refractivity contribution in [3.63, 3.8) is 0 Å². The Balaban J connectivity index is 1.13. The summed E-state index contributed by atoms with van der Waals surface area (Å²) in [5, 5.41) is 11.1. The monoisotopic (exact) mass is 1190 g/mol. The van der Waals surface area contributed by atoms with Gasteiger partial charge in [0.1, 0.15) is 0 Å². The molecule has 0 amide bonds. The first-order valence-corrected chi connectivity index (χ1v) is 32.2. The van der Waals surface area contributed by atoms with Crippen LogP contribution in [-0.2, 0) is 25.7 Å². The molecule has 0 aliphatic heterocycles. The average molecular weight is 1190 g/mol. The minimum atomic E-state index is 0.781. The Morgan fingerprint density at radius 1 is 0.217 bits per heavy atom. The fraction of sp³-hybridized carbons (Fsp3) is 0.0952. The van der Waals surface area contributed by atoms with E-state index in [1.807, 2.05) is 0 Å². The van der Waals surface area contributed by atoms with Gasteiger partial charge < -0.3 is 19.6 Å². The minimum absolute atomic E-state index is 0.781. The van der Waals surface area contributed by atoms with Crippen LogP contribution in [0.5, 0.6) is 0 Å². The molecule has 4 aromatic heterocycles. The highest BCUT2D eigenvalue weighted by Gasteiger charge is 2.32. The van der Waals surface area contributed by atoms with E-state index >= 15 is 0 Å². The summed E-state index contributed by atoms with van der Waals surface area (Å²) in [5.74, 6) is 0. The fourth-order valence-electron chi connectivity index (χ4n) is 14.6. The Labute approximate surface area is 535 Å². The van der Waals surface area contributed by atoms with Crippen LogP contribution in [0, 0.1) is 0 Å². The van der Waals surface area contributed by atoms with E-state index in [2.05, 4.69) is 327 Å². The molecule has 0 spiro atoms. The standard InChI is InChI=1S/C84H66N8/c1-5-59-63-37-21-25-41-71(63)85-51-79(59)89(55-29-13-9-14-30-55)75-49-76(90(56-31-15-10-16-32-56)80-52-86-72-42-26-22-38-64(72)60(80)6-2)68-47-48-70-78(92(58-35-19-12-20-36-58)82-54-88-74-44-28-24-40-66(74)62(82)8-4)50-77(69-46-45-67(75)83(68)84(69)70)91(57-33-17-11-18-34-57)81-53-87-73-43-27-23-39-65(73)61(81)7-3/h9-54H,5-8H2,1-4H3. The average Bonchev–Trinajstić information content (AvgIpc) is 0.702. The lowest BCUT2D eigenvalue weighted by molar-refractivity contribution is 1.11. The van der Waals surface area contributed by atoms with E-state index in [-0.39, 0.29) is 0 Å². The third-order valence-corrected chi connectivity index (χ3v) is 18.7. The normalized spacial score (nSPS) is 11.7. The van der Waals surface area contributed by atoms with Crippen LogP contribution in [0.15, 0.2) is 280 Å². The summed E-state index contributed by atoms with van der Waals surface area (Å²) in [5.41, 5.74) is 20.9. The van der Waals surface area contributed by atoms with Crippen molar-refractivity contribution >= 4 is 144 Å². The molecule has 0 atom stereocenters. The SMILES string of the molecule is CCc1c(N(c2ccccc2)c2cc(N(c3ccccc3)c3cnc4ccccc4c3CC)c3ccc4c(N(c5ccccc5)c5cnc6ccccc6c5CC)cc(N(c5ccccc5)c5cnc6ccccc6c5CC)c5ccc2c3c54)cnc2ccccc12. The highest BCUT2D eigenvalue weighted by molar-refractivity contribution is 6.33. The van der Waals surface area contributed by atoms with Crippen molar-refractivity contribution in [2.24, 2.45) is 0 Å². The maximum atomic E-state index is 5.29. The summed E-state index contributed by atoms with van der Waals surface area (Å²) in [7, 11) is 0. The van der Waals surface area contributed by atoms with Crippen molar-refractivity contribution in [3.05, 3.63) is 302 Å². The van der Waals surface area contributed by atoms with Crippen molar-refractivity contribution in [2.75, 3.05) is 19.6 Å². The van der Waals surface area contributed by atoms with E-state index in [1.54, 1.807) is 0 Å². The Kier molecular flexibility index (Phi) is 14.2. The Bertz CT molecular complexity index is 4760. The van der Waals surface area contributed by atoms with Gasteiger partial charge in [-0.15, -0.1) is 0 Å². The van der Waals surface area contributed by atoms with E-state index in [0.717, 1.165) is 170 Å². The van der Waals surface area contributed by atoms with Gasteiger partial charge in [0.25, 0.3) is 0 Å². The quantitative estimate of drug-likeness (QED) is 0.0887. The van der Waals surface area contributed by atoms with Crippen molar-refractivity contribution in [3.8, 4) is 0 Å². The molecule has 0 unspecified atom stereocenters. The van der Waals surface area contributed by atoms with Crippen LogP contribution >= 0.6 is 0 Å². The maximum absolute atomic E-state index is 5.29. The lowest BCUT2D eigenvalue weighted by Gasteiger charge is -2.35. The molecule has 0 N–H and O–H groups in total. The van der Waals surface area contributed by atoms with E-state index in [1.165, 1.54) is 22.3 Å². The van der Waals surface area contributed by atoms with Crippen LogP contribution < -0.4 is 19.6 Å². The molecule has 16 rings (SSSR count). The molecule has 0 radical (unpaired) electrons. The van der Waals surface area contributed by atoms with Gasteiger partial charge in [-0.3, -0.25) is 19.9 Å². The number of pyridine rings is 4. The summed E-state index contributed by atoms with van der Waals surface area (Å²) in [6, 6.07) is 92.3. The van der Waals surface area contributed by atoms with Gasteiger partial charge in [0.15, 0.2) is 0 Å². The third-order valence-electron chi connectivity index (χ3n) is 18.7. The van der Waals surface area contributed by atoms with Gasteiger partial charge in [-0.05, 0) is 133 Å². The second-order valence-corrected chi connectivity index (χ2v) is 23.6. The summed E-state index contributed by atoms with van der Waals surface area (Å²) < 4.78 is 0. The van der Waals surface area contributed by atoms with Gasteiger partial charge in [0.05, 0.1) is 92.4 Å². The highest BCUT2D eigenvalue weighted by Crippen LogP contribution is 2.56. The van der Waals surface area contributed by atoms with Gasteiger partial charge in [-0.25, -0.2) is 0 Å². The van der Waals surface area contributed by atoms with Gasteiger partial charge in [0.2, 0.25) is 0 Å². The third kappa shape index (κ3) is 9.20.